The Balaban J connectivity index is 1.48. The summed E-state index contributed by atoms with van der Waals surface area (Å²) in [7, 11) is 0. The molecule has 0 aliphatic carbocycles. The van der Waals surface area contributed by atoms with E-state index in [4.69, 9.17) is 0 Å². The summed E-state index contributed by atoms with van der Waals surface area (Å²) in [4.78, 5) is 16.7. The summed E-state index contributed by atoms with van der Waals surface area (Å²) in [5, 5.41) is 4.46. The molecule has 5 heteroatoms. The molecule has 2 aromatic rings. The summed E-state index contributed by atoms with van der Waals surface area (Å²) in [6.45, 7) is 8.34. The van der Waals surface area contributed by atoms with Crippen LogP contribution in [0.25, 0.3) is 5.69 Å². The molecule has 2 fully saturated rings. The first-order valence-electron chi connectivity index (χ1n) is 9.74. The van der Waals surface area contributed by atoms with Gasteiger partial charge in [-0.25, -0.2) is 4.68 Å². The number of aromatic nitrogens is 2. The molecule has 2 saturated heterocycles. The fourth-order valence-corrected chi connectivity index (χ4v) is 4.58. The van der Waals surface area contributed by atoms with E-state index in [9.17, 15) is 4.79 Å². The summed E-state index contributed by atoms with van der Waals surface area (Å²) in [5.74, 6) is 0.360. The van der Waals surface area contributed by atoms with Crippen LogP contribution in [0.1, 0.15) is 42.4 Å². The van der Waals surface area contributed by atoms with E-state index < -0.39 is 0 Å². The molecule has 0 atom stereocenters. The van der Waals surface area contributed by atoms with Gasteiger partial charge in [0.2, 0.25) is 5.91 Å². The highest BCUT2D eigenvalue weighted by Crippen LogP contribution is 2.26. The Morgan fingerprint density at radius 1 is 1.15 bits per heavy atom. The lowest BCUT2D eigenvalue weighted by Crippen LogP contribution is -2.45. The van der Waals surface area contributed by atoms with Gasteiger partial charge in [-0.2, -0.15) is 5.10 Å². The standard InChI is InChI=1S/C21H28N4O/c1-16-13-17(2)21(25-10-4-8-22-25)18(14-16)15-23-11-6-19(7-12-23)24-9-3-5-20(24)26/h4,8,10,13-14,19H,3,5-7,9,11-12,15H2,1-2H3. The quantitative estimate of drug-likeness (QED) is 0.849. The molecule has 4 rings (SSSR count). The minimum absolute atomic E-state index is 0.360. The van der Waals surface area contributed by atoms with Gasteiger partial charge in [-0.3, -0.25) is 9.69 Å². The molecule has 0 radical (unpaired) electrons. The minimum atomic E-state index is 0.360. The van der Waals surface area contributed by atoms with Crippen LogP contribution < -0.4 is 0 Å². The van der Waals surface area contributed by atoms with Crippen LogP contribution >= 0.6 is 0 Å². The molecule has 0 spiro atoms. The van der Waals surface area contributed by atoms with Gasteiger partial charge in [-0.05, 0) is 50.3 Å². The van der Waals surface area contributed by atoms with Gasteiger partial charge in [0, 0.05) is 51.0 Å². The minimum Gasteiger partial charge on any atom is -0.340 e. The largest absolute Gasteiger partial charge is 0.340 e. The number of benzene rings is 1. The highest BCUT2D eigenvalue weighted by atomic mass is 16.2. The summed E-state index contributed by atoms with van der Waals surface area (Å²) in [6.07, 6.45) is 7.82. The second kappa shape index (κ2) is 7.23. The van der Waals surface area contributed by atoms with Gasteiger partial charge in [-0.1, -0.05) is 17.7 Å². The van der Waals surface area contributed by atoms with Crippen LogP contribution in [0, 0.1) is 13.8 Å². The zero-order valence-electron chi connectivity index (χ0n) is 15.8. The van der Waals surface area contributed by atoms with E-state index in [0.717, 1.165) is 51.9 Å². The maximum atomic E-state index is 12.0. The van der Waals surface area contributed by atoms with Gasteiger partial charge >= 0.3 is 0 Å². The first-order chi connectivity index (χ1) is 12.6. The number of piperidine rings is 1. The number of rotatable bonds is 4. The average molecular weight is 352 g/mol. The lowest BCUT2D eigenvalue weighted by Gasteiger charge is -2.37. The first kappa shape index (κ1) is 17.3. The molecular weight excluding hydrogens is 324 g/mol. The van der Waals surface area contributed by atoms with Crippen LogP contribution in [-0.2, 0) is 11.3 Å². The van der Waals surface area contributed by atoms with Crippen molar-refractivity contribution >= 4 is 5.91 Å². The summed E-state index contributed by atoms with van der Waals surface area (Å²) in [5.41, 5.74) is 5.10. The normalized spacial score (nSPS) is 19.5. The Bertz CT molecular complexity index is 776. The van der Waals surface area contributed by atoms with Crippen molar-refractivity contribution < 1.29 is 4.79 Å². The number of carbonyl (C=O) groups is 1. The van der Waals surface area contributed by atoms with Crippen molar-refractivity contribution in [1.82, 2.24) is 19.6 Å². The van der Waals surface area contributed by atoms with E-state index in [2.05, 4.69) is 40.9 Å². The van der Waals surface area contributed by atoms with Crippen LogP contribution in [0.4, 0.5) is 0 Å². The molecule has 138 valence electrons. The van der Waals surface area contributed by atoms with Crippen molar-refractivity contribution in [3.63, 3.8) is 0 Å². The Morgan fingerprint density at radius 3 is 2.62 bits per heavy atom. The first-order valence-corrected chi connectivity index (χ1v) is 9.74. The molecular formula is C21H28N4O. The summed E-state index contributed by atoms with van der Waals surface area (Å²) >= 11 is 0. The molecule has 26 heavy (non-hydrogen) atoms. The molecule has 0 saturated carbocycles. The van der Waals surface area contributed by atoms with Crippen molar-refractivity contribution in [2.45, 2.75) is 52.1 Å². The Hall–Kier alpha value is -2.14. The maximum absolute atomic E-state index is 12.0. The molecule has 1 aromatic heterocycles. The topological polar surface area (TPSA) is 41.4 Å². The number of nitrogens with zero attached hydrogens (tertiary/aromatic N) is 4. The fourth-order valence-electron chi connectivity index (χ4n) is 4.58. The monoisotopic (exact) mass is 352 g/mol. The third kappa shape index (κ3) is 3.40. The lowest BCUT2D eigenvalue weighted by molar-refractivity contribution is -0.130. The zero-order chi connectivity index (χ0) is 18.1. The Morgan fingerprint density at radius 2 is 1.96 bits per heavy atom. The predicted molar refractivity (Wildman–Crippen MR) is 102 cm³/mol. The Labute approximate surface area is 155 Å². The van der Waals surface area contributed by atoms with Crippen molar-refractivity contribution in [2.24, 2.45) is 0 Å². The van der Waals surface area contributed by atoms with Crippen LogP contribution in [0.3, 0.4) is 0 Å². The van der Waals surface area contributed by atoms with Gasteiger partial charge < -0.3 is 4.90 Å². The molecule has 3 heterocycles. The second-order valence-corrected chi connectivity index (χ2v) is 7.74. The maximum Gasteiger partial charge on any atom is 0.222 e. The third-order valence-electron chi connectivity index (χ3n) is 5.76. The van der Waals surface area contributed by atoms with Crippen LogP contribution in [-0.4, -0.2) is 51.2 Å². The van der Waals surface area contributed by atoms with Gasteiger partial charge in [0.1, 0.15) is 0 Å². The summed E-state index contributed by atoms with van der Waals surface area (Å²) in [6, 6.07) is 6.94. The number of likely N-dealkylation sites (tertiary alicyclic amines) is 2. The molecule has 1 aromatic carbocycles. The fraction of sp³-hybridized carbons (Fsp3) is 0.524. The Kier molecular flexibility index (Phi) is 4.81. The SMILES string of the molecule is Cc1cc(C)c(-n2cccn2)c(CN2CCC(N3CCCC3=O)CC2)c1. The molecule has 2 aliphatic rings. The third-order valence-corrected chi connectivity index (χ3v) is 5.76. The van der Waals surface area contributed by atoms with Crippen molar-refractivity contribution in [3.8, 4) is 5.69 Å². The number of carbonyl (C=O) groups excluding carboxylic acids is 1. The van der Waals surface area contributed by atoms with E-state index in [1.807, 2.05) is 23.1 Å². The van der Waals surface area contributed by atoms with E-state index in [0.29, 0.717) is 11.9 Å². The average Bonchev–Trinajstić information content (AvgIpc) is 3.27. The van der Waals surface area contributed by atoms with Gasteiger partial charge in [-0.15, -0.1) is 0 Å². The van der Waals surface area contributed by atoms with Gasteiger partial charge in [0.15, 0.2) is 0 Å². The smallest absolute Gasteiger partial charge is 0.222 e. The van der Waals surface area contributed by atoms with Crippen molar-refractivity contribution in [1.29, 1.82) is 0 Å². The van der Waals surface area contributed by atoms with Crippen LogP contribution in [0.2, 0.25) is 0 Å². The van der Waals surface area contributed by atoms with E-state index in [1.54, 1.807) is 0 Å². The number of aryl methyl sites for hydroxylation is 2. The summed E-state index contributed by atoms with van der Waals surface area (Å²) < 4.78 is 1.99. The zero-order valence-corrected chi connectivity index (χ0v) is 15.8. The van der Waals surface area contributed by atoms with Gasteiger partial charge in [0.25, 0.3) is 0 Å². The second-order valence-electron chi connectivity index (χ2n) is 7.74. The van der Waals surface area contributed by atoms with Crippen molar-refractivity contribution in [3.05, 3.63) is 47.3 Å². The highest BCUT2D eigenvalue weighted by molar-refractivity contribution is 5.78. The molecule has 1 amide bonds. The number of hydrogen-bond donors (Lipinski definition) is 0. The van der Waals surface area contributed by atoms with E-state index in [-0.39, 0.29) is 0 Å². The lowest BCUT2D eigenvalue weighted by atomic mass is 10.00. The van der Waals surface area contributed by atoms with Crippen molar-refractivity contribution in [2.75, 3.05) is 19.6 Å². The molecule has 0 N–H and O–H groups in total. The molecule has 0 bridgehead atoms. The highest BCUT2D eigenvalue weighted by Gasteiger charge is 2.30. The molecule has 5 nitrogen and oxygen atoms in total. The molecule has 0 unspecified atom stereocenters. The van der Waals surface area contributed by atoms with Crippen LogP contribution in [0.5, 0.6) is 0 Å². The predicted octanol–water partition coefficient (Wildman–Crippen LogP) is 3.08. The van der Waals surface area contributed by atoms with E-state index in [1.165, 1.54) is 22.4 Å². The van der Waals surface area contributed by atoms with Crippen LogP contribution in [0.15, 0.2) is 30.6 Å². The van der Waals surface area contributed by atoms with E-state index >= 15 is 0 Å². The molecule has 2 aliphatic heterocycles. The number of hydrogen-bond acceptors (Lipinski definition) is 3. The number of amides is 1. The van der Waals surface area contributed by atoms with Gasteiger partial charge in [0.05, 0.1) is 5.69 Å².